The number of non-ortho nitro benzene ring substituents is 1. The van der Waals surface area contributed by atoms with E-state index in [1.165, 1.54) is 24.3 Å². The van der Waals surface area contributed by atoms with E-state index in [0.717, 1.165) is 27.8 Å². The van der Waals surface area contributed by atoms with Gasteiger partial charge in [0, 0.05) is 22.7 Å². The number of hydrogen-bond acceptors (Lipinski definition) is 5. The van der Waals surface area contributed by atoms with E-state index < -0.39 is 10.8 Å². The van der Waals surface area contributed by atoms with Crippen LogP contribution in [-0.2, 0) is 11.3 Å². The summed E-state index contributed by atoms with van der Waals surface area (Å²) in [4.78, 5) is 36.5. The summed E-state index contributed by atoms with van der Waals surface area (Å²) in [5.74, 6) is -0.442. The summed E-state index contributed by atoms with van der Waals surface area (Å²) >= 11 is 6.85. The van der Waals surface area contributed by atoms with Crippen LogP contribution >= 0.6 is 23.4 Å². The number of amides is 2. The molecule has 0 saturated carbocycles. The third-order valence-corrected chi connectivity index (χ3v) is 5.06. The first-order valence-corrected chi connectivity index (χ1v) is 8.79. The third kappa shape index (κ3) is 3.79. The highest BCUT2D eigenvalue weighted by Gasteiger charge is 2.35. The fourth-order valence-electron chi connectivity index (χ4n) is 2.41. The number of halogens is 1. The quantitative estimate of drug-likeness (QED) is 0.427. The lowest BCUT2D eigenvalue weighted by Gasteiger charge is -2.12. The van der Waals surface area contributed by atoms with Crippen LogP contribution < -0.4 is 0 Å². The lowest BCUT2D eigenvalue weighted by Crippen LogP contribution is -2.27. The minimum atomic E-state index is -0.545. The van der Waals surface area contributed by atoms with E-state index in [4.69, 9.17) is 11.6 Å². The van der Waals surface area contributed by atoms with Crippen LogP contribution in [0.2, 0.25) is 5.02 Å². The SMILES string of the molecule is Cc1ccc(CN2C(=O)S/C(=C\c3cc([N+](=O)[O-])ccc3Cl)C2=O)cc1. The van der Waals surface area contributed by atoms with Crippen molar-refractivity contribution in [2.24, 2.45) is 0 Å². The second-order valence-electron chi connectivity index (χ2n) is 5.72. The Morgan fingerprint density at radius 1 is 1.19 bits per heavy atom. The molecular weight excluding hydrogens is 376 g/mol. The van der Waals surface area contributed by atoms with E-state index in [1.54, 1.807) is 0 Å². The molecule has 0 atom stereocenters. The highest BCUT2D eigenvalue weighted by molar-refractivity contribution is 8.18. The van der Waals surface area contributed by atoms with E-state index in [2.05, 4.69) is 0 Å². The summed E-state index contributed by atoms with van der Waals surface area (Å²) < 4.78 is 0. The van der Waals surface area contributed by atoms with Gasteiger partial charge in [0.05, 0.1) is 16.4 Å². The van der Waals surface area contributed by atoms with Crippen molar-refractivity contribution in [2.45, 2.75) is 13.5 Å². The van der Waals surface area contributed by atoms with Gasteiger partial charge in [-0.3, -0.25) is 24.6 Å². The molecule has 0 aromatic heterocycles. The summed E-state index contributed by atoms with van der Waals surface area (Å²) in [6, 6.07) is 11.5. The molecular formula is C18H13ClN2O4S. The molecule has 1 fully saturated rings. The Morgan fingerprint density at radius 3 is 2.54 bits per heavy atom. The molecule has 0 bridgehead atoms. The second kappa shape index (κ2) is 7.31. The van der Waals surface area contributed by atoms with Gasteiger partial charge in [0.2, 0.25) is 0 Å². The lowest BCUT2D eigenvalue weighted by molar-refractivity contribution is -0.384. The van der Waals surface area contributed by atoms with Gasteiger partial charge in [-0.25, -0.2) is 0 Å². The molecule has 26 heavy (non-hydrogen) atoms. The zero-order valence-electron chi connectivity index (χ0n) is 13.6. The molecule has 1 aliphatic rings. The van der Waals surface area contributed by atoms with Gasteiger partial charge in [0.15, 0.2) is 0 Å². The van der Waals surface area contributed by atoms with Crippen molar-refractivity contribution in [1.82, 2.24) is 4.90 Å². The minimum Gasteiger partial charge on any atom is -0.268 e. The molecule has 0 spiro atoms. The first kappa shape index (κ1) is 18.2. The first-order chi connectivity index (χ1) is 12.3. The van der Waals surface area contributed by atoms with Crippen molar-refractivity contribution in [3.05, 3.63) is 79.2 Å². The summed E-state index contributed by atoms with van der Waals surface area (Å²) in [6.07, 6.45) is 1.41. The number of imide groups is 1. The predicted molar refractivity (Wildman–Crippen MR) is 101 cm³/mol. The number of aryl methyl sites for hydroxylation is 1. The Labute approximate surface area is 158 Å². The van der Waals surface area contributed by atoms with Gasteiger partial charge in [0.25, 0.3) is 16.8 Å². The molecule has 0 radical (unpaired) electrons. The third-order valence-electron chi connectivity index (χ3n) is 3.81. The molecule has 1 saturated heterocycles. The van der Waals surface area contributed by atoms with Gasteiger partial charge in [-0.15, -0.1) is 0 Å². The number of nitrogens with zero attached hydrogens (tertiary/aromatic N) is 2. The number of thioether (sulfide) groups is 1. The number of nitro groups is 1. The van der Waals surface area contributed by atoms with E-state index in [-0.39, 0.29) is 27.4 Å². The van der Waals surface area contributed by atoms with Crippen molar-refractivity contribution in [2.75, 3.05) is 0 Å². The van der Waals surface area contributed by atoms with Gasteiger partial charge in [-0.1, -0.05) is 41.4 Å². The Morgan fingerprint density at radius 2 is 1.88 bits per heavy atom. The average Bonchev–Trinajstić information content (AvgIpc) is 2.86. The van der Waals surface area contributed by atoms with Gasteiger partial charge in [-0.2, -0.15) is 0 Å². The maximum absolute atomic E-state index is 12.6. The van der Waals surface area contributed by atoms with E-state index in [0.29, 0.717) is 5.56 Å². The van der Waals surface area contributed by atoms with Crippen molar-refractivity contribution in [3.63, 3.8) is 0 Å². The van der Waals surface area contributed by atoms with Crippen molar-refractivity contribution >= 4 is 46.3 Å². The zero-order valence-corrected chi connectivity index (χ0v) is 15.2. The van der Waals surface area contributed by atoms with Crippen LogP contribution in [0.4, 0.5) is 10.5 Å². The summed E-state index contributed by atoms with van der Waals surface area (Å²) in [6.45, 7) is 2.13. The average molecular weight is 389 g/mol. The van der Waals surface area contributed by atoms with Crippen LogP contribution in [0.15, 0.2) is 47.4 Å². The van der Waals surface area contributed by atoms with Crippen LogP contribution in [0, 0.1) is 17.0 Å². The molecule has 3 rings (SSSR count). The van der Waals surface area contributed by atoms with E-state index in [9.17, 15) is 19.7 Å². The fraction of sp³-hybridized carbons (Fsp3) is 0.111. The zero-order chi connectivity index (χ0) is 18.8. The normalized spacial score (nSPS) is 15.8. The molecule has 2 aromatic carbocycles. The van der Waals surface area contributed by atoms with E-state index in [1.807, 2.05) is 31.2 Å². The number of carbonyl (C=O) groups excluding carboxylic acids is 2. The number of benzene rings is 2. The molecule has 1 aliphatic heterocycles. The molecule has 0 unspecified atom stereocenters. The predicted octanol–water partition coefficient (Wildman–Crippen LogP) is 4.79. The topological polar surface area (TPSA) is 80.5 Å². The summed E-state index contributed by atoms with van der Waals surface area (Å²) in [5, 5.41) is 10.8. The molecule has 0 aliphatic carbocycles. The molecule has 0 N–H and O–H groups in total. The maximum atomic E-state index is 12.6. The van der Waals surface area contributed by atoms with E-state index >= 15 is 0 Å². The molecule has 1 heterocycles. The smallest absolute Gasteiger partial charge is 0.268 e. The first-order valence-electron chi connectivity index (χ1n) is 7.60. The van der Waals surface area contributed by atoms with Crippen molar-refractivity contribution < 1.29 is 14.5 Å². The van der Waals surface area contributed by atoms with Gasteiger partial charge in [-0.05, 0) is 36.4 Å². The molecule has 6 nitrogen and oxygen atoms in total. The Bertz CT molecular complexity index is 941. The molecule has 2 aromatic rings. The second-order valence-corrected chi connectivity index (χ2v) is 7.12. The monoisotopic (exact) mass is 388 g/mol. The van der Waals surface area contributed by atoms with Gasteiger partial charge in [0.1, 0.15) is 0 Å². The standard InChI is InChI=1S/C18H13ClN2O4S/c1-11-2-4-12(5-3-11)10-20-17(22)16(26-18(20)23)9-13-8-14(21(24)25)6-7-15(13)19/h2-9H,10H2,1H3/b16-9-. The Hall–Kier alpha value is -2.64. The van der Waals surface area contributed by atoms with Crippen molar-refractivity contribution in [3.8, 4) is 0 Å². The number of rotatable bonds is 4. The fourth-order valence-corrected chi connectivity index (χ4v) is 3.41. The number of hydrogen-bond donors (Lipinski definition) is 0. The maximum Gasteiger partial charge on any atom is 0.293 e. The highest BCUT2D eigenvalue weighted by atomic mass is 35.5. The molecule has 8 heteroatoms. The Kier molecular flexibility index (Phi) is 5.11. The van der Waals surface area contributed by atoms with Crippen molar-refractivity contribution in [1.29, 1.82) is 0 Å². The number of nitro benzene ring substituents is 1. The largest absolute Gasteiger partial charge is 0.293 e. The number of carbonyl (C=O) groups is 2. The van der Waals surface area contributed by atoms with Crippen LogP contribution in [0.1, 0.15) is 16.7 Å². The highest BCUT2D eigenvalue weighted by Crippen LogP contribution is 2.35. The van der Waals surface area contributed by atoms with Gasteiger partial charge >= 0.3 is 0 Å². The summed E-state index contributed by atoms with van der Waals surface area (Å²) in [7, 11) is 0. The minimum absolute atomic E-state index is 0.139. The summed E-state index contributed by atoms with van der Waals surface area (Å²) in [5.41, 5.74) is 2.11. The van der Waals surface area contributed by atoms with Gasteiger partial charge < -0.3 is 0 Å². The Balaban J connectivity index is 1.86. The van der Waals surface area contributed by atoms with Crippen LogP contribution in [0.5, 0.6) is 0 Å². The molecule has 2 amide bonds. The van der Waals surface area contributed by atoms with Crippen LogP contribution in [-0.4, -0.2) is 21.0 Å². The lowest BCUT2D eigenvalue weighted by atomic mass is 10.1. The molecule has 132 valence electrons. The van der Waals surface area contributed by atoms with Crippen LogP contribution in [0.3, 0.4) is 0 Å². The van der Waals surface area contributed by atoms with Crippen LogP contribution in [0.25, 0.3) is 6.08 Å².